The van der Waals surface area contributed by atoms with Gasteiger partial charge >= 0.3 is 6.09 Å². The first-order valence-electron chi connectivity index (χ1n) is 8.46. The van der Waals surface area contributed by atoms with Crippen molar-refractivity contribution in [2.24, 2.45) is 5.73 Å². The molecule has 1 aromatic rings. The highest BCUT2D eigenvalue weighted by Gasteiger charge is 2.38. The average molecular weight is 447 g/mol. The van der Waals surface area contributed by atoms with Gasteiger partial charge in [0.05, 0.1) is 29.6 Å². The highest BCUT2D eigenvalue weighted by Crippen LogP contribution is 2.26. The summed E-state index contributed by atoms with van der Waals surface area (Å²) in [5.41, 5.74) is 5.60. The van der Waals surface area contributed by atoms with Gasteiger partial charge in [-0.15, -0.1) is 11.8 Å². The van der Waals surface area contributed by atoms with Crippen LogP contribution in [0.2, 0.25) is 0 Å². The average Bonchev–Trinajstić information content (AvgIpc) is 3.00. The fourth-order valence-corrected chi connectivity index (χ4v) is 4.35. The number of primary amides is 1. The molecule has 2 amide bonds. The maximum absolute atomic E-state index is 12.5. The standard InChI is InChI=1S/C16H21N3O8S2/c1-29(24,25)27-14-6-13(9-28-10-15(17)20)18(7-14)16(21)26-8-11-2-4-12(5-3-11)19(22)23/h2-5,13-14H,6-10H2,1H3,(H2,17,20)/t13-,14+/m0/s1. The van der Waals surface area contributed by atoms with Crippen molar-refractivity contribution in [3.8, 4) is 0 Å². The van der Waals surface area contributed by atoms with E-state index in [1.165, 1.54) is 40.9 Å². The molecule has 0 unspecified atom stereocenters. The Morgan fingerprint density at radius 3 is 2.55 bits per heavy atom. The van der Waals surface area contributed by atoms with Crippen molar-refractivity contribution in [3.05, 3.63) is 39.9 Å². The summed E-state index contributed by atoms with van der Waals surface area (Å²) in [4.78, 5) is 34.9. The Labute approximate surface area is 171 Å². The van der Waals surface area contributed by atoms with E-state index in [9.17, 15) is 28.1 Å². The number of amides is 2. The first-order chi connectivity index (χ1) is 13.5. The van der Waals surface area contributed by atoms with Gasteiger partial charge in [-0.1, -0.05) is 0 Å². The first kappa shape index (κ1) is 22.9. The van der Waals surface area contributed by atoms with Crippen molar-refractivity contribution in [1.82, 2.24) is 4.90 Å². The molecular formula is C16H21N3O8S2. The maximum atomic E-state index is 12.5. The molecule has 2 N–H and O–H groups in total. The number of benzene rings is 1. The van der Waals surface area contributed by atoms with Gasteiger partial charge in [-0.3, -0.25) is 19.1 Å². The van der Waals surface area contributed by atoms with Gasteiger partial charge in [0.25, 0.3) is 15.8 Å². The van der Waals surface area contributed by atoms with E-state index >= 15 is 0 Å². The fourth-order valence-electron chi connectivity index (χ4n) is 2.81. The van der Waals surface area contributed by atoms with Crippen LogP contribution in [0.3, 0.4) is 0 Å². The number of nitro groups is 1. The van der Waals surface area contributed by atoms with Crippen LogP contribution in [-0.2, 0) is 30.4 Å². The molecule has 0 saturated carbocycles. The summed E-state index contributed by atoms with van der Waals surface area (Å²) in [6.45, 7) is -0.0833. The van der Waals surface area contributed by atoms with Crippen molar-refractivity contribution in [2.75, 3.05) is 24.3 Å². The molecule has 29 heavy (non-hydrogen) atoms. The third-order valence-electron chi connectivity index (χ3n) is 3.99. The second kappa shape index (κ2) is 9.89. The summed E-state index contributed by atoms with van der Waals surface area (Å²) in [6, 6.07) is 5.17. The molecule has 13 heteroatoms. The minimum atomic E-state index is -3.70. The Morgan fingerprint density at radius 2 is 2.00 bits per heavy atom. The van der Waals surface area contributed by atoms with E-state index in [0.717, 1.165) is 6.26 Å². The molecule has 1 saturated heterocycles. The number of hydrogen-bond donors (Lipinski definition) is 1. The molecule has 0 spiro atoms. The molecule has 1 aliphatic rings. The lowest BCUT2D eigenvalue weighted by Crippen LogP contribution is -2.38. The van der Waals surface area contributed by atoms with E-state index in [1.807, 2.05) is 0 Å². The van der Waals surface area contributed by atoms with Gasteiger partial charge in [0.1, 0.15) is 6.61 Å². The highest BCUT2D eigenvalue weighted by molar-refractivity contribution is 8.00. The third-order valence-corrected chi connectivity index (χ3v) is 5.72. The number of likely N-dealkylation sites (tertiary alicyclic amines) is 1. The van der Waals surface area contributed by atoms with E-state index in [4.69, 9.17) is 14.7 Å². The molecule has 1 fully saturated rings. The molecule has 0 aliphatic carbocycles. The monoisotopic (exact) mass is 447 g/mol. The summed E-state index contributed by atoms with van der Waals surface area (Å²) in [7, 11) is -3.70. The second-order valence-electron chi connectivity index (χ2n) is 6.42. The van der Waals surface area contributed by atoms with Crippen LogP contribution < -0.4 is 5.73 Å². The van der Waals surface area contributed by atoms with Gasteiger partial charge in [-0.2, -0.15) is 8.42 Å². The van der Waals surface area contributed by atoms with E-state index in [1.54, 1.807) is 0 Å². The number of ether oxygens (including phenoxy) is 1. The van der Waals surface area contributed by atoms with Gasteiger partial charge in [0.2, 0.25) is 5.91 Å². The van der Waals surface area contributed by atoms with Gasteiger partial charge in [-0.05, 0) is 24.1 Å². The molecule has 1 aromatic carbocycles. The summed E-state index contributed by atoms with van der Waals surface area (Å²) < 4.78 is 33.0. The van der Waals surface area contributed by atoms with Crippen LogP contribution in [-0.4, -0.2) is 66.7 Å². The van der Waals surface area contributed by atoms with E-state index < -0.39 is 39.2 Å². The molecule has 11 nitrogen and oxygen atoms in total. The quantitative estimate of drug-likeness (QED) is 0.329. The van der Waals surface area contributed by atoms with Crippen molar-refractivity contribution in [2.45, 2.75) is 25.2 Å². The van der Waals surface area contributed by atoms with Crippen LogP contribution in [0.5, 0.6) is 0 Å². The minimum absolute atomic E-state index is 0.0218. The van der Waals surface area contributed by atoms with Gasteiger partial charge in [0, 0.05) is 23.9 Å². The Hall–Kier alpha value is -2.38. The predicted octanol–water partition coefficient (Wildman–Crippen LogP) is 0.869. The Bertz CT molecular complexity index is 859. The highest BCUT2D eigenvalue weighted by atomic mass is 32.2. The van der Waals surface area contributed by atoms with E-state index in [2.05, 4.69) is 0 Å². The Morgan fingerprint density at radius 1 is 1.34 bits per heavy atom. The van der Waals surface area contributed by atoms with Gasteiger partial charge in [-0.25, -0.2) is 4.79 Å². The van der Waals surface area contributed by atoms with Crippen LogP contribution in [0, 0.1) is 10.1 Å². The van der Waals surface area contributed by atoms with E-state index in [-0.39, 0.29) is 31.0 Å². The fraction of sp³-hybridized carbons (Fsp3) is 0.500. The number of carbonyl (C=O) groups is 2. The third kappa shape index (κ3) is 7.51. The smallest absolute Gasteiger partial charge is 0.410 e. The van der Waals surface area contributed by atoms with Crippen LogP contribution in [0.1, 0.15) is 12.0 Å². The molecular weight excluding hydrogens is 426 g/mol. The zero-order valence-electron chi connectivity index (χ0n) is 15.6. The number of non-ortho nitro benzene ring substituents is 1. The number of rotatable bonds is 9. The molecule has 0 radical (unpaired) electrons. The van der Waals surface area contributed by atoms with Crippen LogP contribution in [0.15, 0.2) is 24.3 Å². The maximum Gasteiger partial charge on any atom is 0.410 e. The molecule has 1 aliphatic heterocycles. The molecule has 0 bridgehead atoms. The molecule has 160 valence electrons. The molecule has 0 aromatic heterocycles. The second-order valence-corrected chi connectivity index (χ2v) is 9.05. The zero-order valence-corrected chi connectivity index (χ0v) is 17.2. The van der Waals surface area contributed by atoms with Crippen molar-refractivity contribution < 1.29 is 31.9 Å². The number of nitrogens with zero attached hydrogens (tertiary/aromatic N) is 2. The number of thioether (sulfide) groups is 1. The number of nitrogens with two attached hydrogens (primary N) is 1. The SMILES string of the molecule is CS(=O)(=O)O[C@@H]1C[C@@H](CSCC(N)=O)N(C(=O)OCc2ccc([N+](=O)[O-])cc2)C1. The van der Waals surface area contributed by atoms with E-state index in [0.29, 0.717) is 11.3 Å². The van der Waals surface area contributed by atoms with Crippen molar-refractivity contribution >= 4 is 39.6 Å². The van der Waals surface area contributed by atoms with Crippen LogP contribution >= 0.6 is 11.8 Å². The minimum Gasteiger partial charge on any atom is -0.445 e. The molecule has 2 atom stereocenters. The summed E-state index contributed by atoms with van der Waals surface area (Å²) in [6.07, 6.45) is -0.186. The topological polar surface area (TPSA) is 159 Å². The van der Waals surface area contributed by atoms with Crippen LogP contribution in [0.4, 0.5) is 10.5 Å². The summed E-state index contributed by atoms with van der Waals surface area (Å²) >= 11 is 1.23. The van der Waals surface area contributed by atoms with Crippen molar-refractivity contribution in [3.63, 3.8) is 0 Å². The van der Waals surface area contributed by atoms with Crippen LogP contribution in [0.25, 0.3) is 0 Å². The van der Waals surface area contributed by atoms with Crippen molar-refractivity contribution in [1.29, 1.82) is 0 Å². The summed E-state index contributed by atoms with van der Waals surface area (Å²) in [5, 5.41) is 10.7. The first-order valence-corrected chi connectivity index (χ1v) is 11.4. The number of hydrogen-bond acceptors (Lipinski definition) is 9. The predicted molar refractivity (Wildman–Crippen MR) is 105 cm³/mol. The lowest BCUT2D eigenvalue weighted by atomic mass is 10.2. The Kier molecular flexibility index (Phi) is 7.81. The molecule has 1 heterocycles. The lowest BCUT2D eigenvalue weighted by molar-refractivity contribution is -0.384. The Balaban J connectivity index is 1.98. The largest absolute Gasteiger partial charge is 0.445 e. The van der Waals surface area contributed by atoms with Gasteiger partial charge < -0.3 is 15.4 Å². The summed E-state index contributed by atoms with van der Waals surface area (Å²) in [5.74, 6) is -0.0665. The number of carbonyl (C=O) groups excluding carboxylic acids is 2. The zero-order chi connectivity index (χ0) is 21.6. The normalized spacial score (nSPS) is 19.1. The molecule has 2 rings (SSSR count). The lowest BCUT2D eigenvalue weighted by Gasteiger charge is -2.23. The number of nitro benzene ring substituents is 1. The van der Waals surface area contributed by atoms with Gasteiger partial charge in [0.15, 0.2) is 0 Å².